The monoisotopic (exact) mass is 427 g/mol. The Labute approximate surface area is 182 Å². The van der Waals surface area contributed by atoms with Gasteiger partial charge in [-0.3, -0.25) is 9.36 Å². The topological polar surface area (TPSA) is 90.0 Å². The molecule has 3 aromatic heterocycles. The molecule has 5 rings (SSSR count). The smallest absolute Gasteiger partial charge is 0.236 e. The fraction of sp³-hybridized carbons (Fsp3) is 0.0455. The highest BCUT2D eigenvalue weighted by atomic mass is 32.2. The molecule has 152 valence electrons. The van der Waals surface area contributed by atoms with E-state index in [0.717, 1.165) is 17.1 Å². The van der Waals surface area contributed by atoms with Crippen molar-refractivity contribution >= 4 is 29.1 Å². The Morgan fingerprint density at radius 2 is 1.68 bits per heavy atom. The Kier molecular flexibility index (Phi) is 5.16. The van der Waals surface area contributed by atoms with Gasteiger partial charge < -0.3 is 5.32 Å². The van der Waals surface area contributed by atoms with Crippen LogP contribution >= 0.6 is 11.8 Å². The average Bonchev–Trinajstić information content (AvgIpc) is 3.47. The summed E-state index contributed by atoms with van der Waals surface area (Å²) in [7, 11) is 0. The minimum atomic E-state index is -0.170. The second-order valence-corrected chi connectivity index (χ2v) is 7.55. The first kappa shape index (κ1) is 19.0. The van der Waals surface area contributed by atoms with Crippen LogP contribution in [0.1, 0.15) is 0 Å². The van der Waals surface area contributed by atoms with Gasteiger partial charge in [-0.15, -0.1) is 10.2 Å². The van der Waals surface area contributed by atoms with Crippen molar-refractivity contribution in [3.63, 3.8) is 0 Å². The van der Waals surface area contributed by atoms with Crippen LogP contribution in [0.15, 0.2) is 90.3 Å². The first-order valence-electron chi connectivity index (χ1n) is 9.57. The van der Waals surface area contributed by atoms with Crippen LogP contribution in [0.5, 0.6) is 0 Å². The van der Waals surface area contributed by atoms with Crippen molar-refractivity contribution in [2.24, 2.45) is 0 Å². The van der Waals surface area contributed by atoms with Gasteiger partial charge in [0, 0.05) is 23.5 Å². The maximum absolute atomic E-state index is 12.6. The number of nitrogens with zero attached hydrogens (tertiary/aromatic N) is 6. The molecule has 0 aliphatic heterocycles. The number of para-hydroxylation sites is 1. The van der Waals surface area contributed by atoms with E-state index in [2.05, 4.69) is 25.6 Å². The zero-order valence-corrected chi connectivity index (χ0v) is 17.1. The Balaban J connectivity index is 1.40. The molecule has 2 aromatic carbocycles. The van der Waals surface area contributed by atoms with E-state index in [1.54, 1.807) is 29.0 Å². The summed E-state index contributed by atoms with van der Waals surface area (Å²) in [6.45, 7) is 0. The van der Waals surface area contributed by atoms with Crippen molar-refractivity contribution in [1.82, 2.24) is 29.4 Å². The summed E-state index contributed by atoms with van der Waals surface area (Å²) in [5.74, 6) is 1.29. The number of anilines is 1. The molecule has 0 aliphatic rings. The van der Waals surface area contributed by atoms with Gasteiger partial charge in [-0.05, 0) is 18.2 Å². The lowest BCUT2D eigenvalue weighted by atomic mass is 10.2. The van der Waals surface area contributed by atoms with E-state index in [1.165, 1.54) is 11.8 Å². The molecule has 0 atom stereocenters. The molecule has 1 N–H and O–H groups in total. The maximum Gasteiger partial charge on any atom is 0.236 e. The van der Waals surface area contributed by atoms with Crippen molar-refractivity contribution in [2.75, 3.05) is 11.1 Å². The number of nitrogens with one attached hydrogen (secondary N) is 1. The summed E-state index contributed by atoms with van der Waals surface area (Å²) in [5, 5.41) is 16.5. The molecule has 0 aliphatic carbocycles. The first-order chi connectivity index (χ1) is 15.3. The predicted octanol–water partition coefficient (Wildman–Crippen LogP) is 3.71. The fourth-order valence-electron chi connectivity index (χ4n) is 3.19. The molecule has 1 amide bonds. The largest absolute Gasteiger partial charge is 0.310 e. The van der Waals surface area contributed by atoms with Crippen molar-refractivity contribution in [2.45, 2.75) is 5.16 Å². The molecule has 0 spiro atoms. The number of thioether (sulfide) groups is 1. The third-order valence-corrected chi connectivity index (χ3v) is 5.50. The molecule has 5 aromatic rings. The number of carbonyl (C=O) groups is 1. The van der Waals surface area contributed by atoms with Crippen LogP contribution in [-0.4, -0.2) is 41.0 Å². The van der Waals surface area contributed by atoms with E-state index in [4.69, 9.17) is 0 Å². The van der Waals surface area contributed by atoms with Crippen LogP contribution < -0.4 is 5.32 Å². The number of aromatic nitrogens is 6. The number of hydrogen-bond acceptors (Lipinski definition) is 6. The molecule has 0 radical (unpaired) electrons. The summed E-state index contributed by atoms with van der Waals surface area (Å²) < 4.78 is 3.55. The third-order valence-electron chi connectivity index (χ3n) is 4.57. The van der Waals surface area contributed by atoms with E-state index in [1.807, 2.05) is 65.2 Å². The minimum Gasteiger partial charge on any atom is -0.310 e. The molecule has 0 unspecified atom stereocenters. The van der Waals surface area contributed by atoms with Crippen LogP contribution in [0.3, 0.4) is 0 Å². The normalized spacial score (nSPS) is 11.0. The third kappa shape index (κ3) is 3.90. The summed E-state index contributed by atoms with van der Waals surface area (Å²) in [5.41, 5.74) is 2.55. The molecule has 8 nitrogen and oxygen atoms in total. The molecule has 0 saturated heterocycles. The average molecular weight is 427 g/mol. The zero-order chi connectivity index (χ0) is 21.0. The summed E-state index contributed by atoms with van der Waals surface area (Å²) >= 11 is 1.32. The molecular weight excluding hydrogens is 410 g/mol. The SMILES string of the molecule is O=C(CSc1nnc(-c2ccccc2)n1-c1ccccc1)Nc1ccnc2ccnn12. The van der Waals surface area contributed by atoms with Gasteiger partial charge in [0.25, 0.3) is 0 Å². The van der Waals surface area contributed by atoms with E-state index < -0.39 is 0 Å². The Morgan fingerprint density at radius 1 is 0.903 bits per heavy atom. The van der Waals surface area contributed by atoms with Gasteiger partial charge in [0.1, 0.15) is 5.82 Å². The highest BCUT2D eigenvalue weighted by Gasteiger charge is 2.17. The number of fused-ring (bicyclic) bond motifs is 1. The Morgan fingerprint density at radius 3 is 2.48 bits per heavy atom. The molecule has 3 heterocycles. The summed E-state index contributed by atoms with van der Waals surface area (Å²) in [6, 6.07) is 23.2. The van der Waals surface area contributed by atoms with Gasteiger partial charge in [-0.1, -0.05) is 60.3 Å². The van der Waals surface area contributed by atoms with Crippen LogP contribution in [0, 0.1) is 0 Å². The van der Waals surface area contributed by atoms with Gasteiger partial charge in [0.15, 0.2) is 16.6 Å². The van der Waals surface area contributed by atoms with Crippen LogP contribution in [-0.2, 0) is 4.79 Å². The van der Waals surface area contributed by atoms with Crippen molar-refractivity contribution in [3.05, 3.63) is 85.2 Å². The fourth-order valence-corrected chi connectivity index (χ4v) is 3.94. The van der Waals surface area contributed by atoms with Gasteiger partial charge in [-0.25, -0.2) is 4.98 Å². The lowest BCUT2D eigenvalue weighted by Gasteiger charge is -2.10. The molecule has 0 bridgehead atoms. The number of benzene rings is 2. The summed E-state index contributed by atoms with van der Waals surface area (Å²) in [6.07, 6.45) is 3.28. The van der Waals surface area contributed by atoms with E-state index >= 15 is 0 Å². The molecule has 9 heteroatoms. The van der Waals surface area contributed by atoms with Gasteiger partial charge >= 0.3 is 0 Å². The number of hydrogen-bond donors (Lipinski definition) is 1. The van der Waals surface area contributed by atoms with Crippen molar-refractivity contribution in [3.8, 4) is 17.1 Å². The van der Waals surface area contributed by atoms with Crippen molar-refractivity contribution < 1.29 is 4.79 Å². The second kappa shape index (κ2) is 8.41. The van der Waals surface area contributed by atoms with Gasteiger partial charge in [0.05, 0.1) is 11.9 Å². The molecule has 0 saturated carbocycles. The predicted molar refractivity (Wildman–Crippen MR) is 119 cm³/mol. The molecule has 0 fully saturated rings. The standard InChI is InChI=1S/C22H17N7OS/c30-20(25-19-11-13-23-18-12-14-24-29(18)19)15-31-22-27-26-21(16-7-3-1-4-8-16)28(22)17-9-5-2-6-10-17/h1-14H,15H2,(H,25,30). The lowest BCUT2D eigenvalue weighted by Crippen LogP contribution is -2.17. The highest BCUT2D eigenvalue weighted by Crippen LogP contribution is 2.27. The molecular formula is C22H17N7OS. The molecule has 31 heavy (non-hydrogen) atoms. The summed E-state index contributed by atoms with van der Waals surface area (Å²) in [4.78, 5) is 16.8. The quantitative estimate of drug-likeness (QED) is 0.416. The minimum absolute atomic E-state index is 0.170. The van der Waals surface area contributed by atoms with E-state index in [0.29, 0.717) is 16.6 Å². The van der Waals surface area contributed by atoms with Crippen LogP contribution in [0.4, 0.5) is 5.82 Å². The van der Waals surface area contributed by atoms with Gasteiger partial charge in [-0.2, -0.15) is 9.61 Å². The first-order valence-corrected chi connectivity index (χ1v) is 10.6. The second-order valence-electron chi connectivity index (χ2n) is 6.61. The van der Waals surface area contributed by atoms with Crippen LogP contribution in [0.2, 0.25) is 0 Å². The van der Waals surface area contributed by atoms with Gasteiger partial charge in [0.2, 0.25) is 5.91 Å². The highest BCUT2D eigenvalue weighted by molar-refractivity contribution is 7.99. The number of rotatable bonds is 6. The zero-order valence-electron chi connectivity index (χ0n) is 16.3. The maximum atomic E-state index is 12.6. The van der Waals surface area contributed by atoms with Crippen molar-refractivity contribution in [1.29, 1.82) is 0 Å². The lowest BCUT2D eigenvalue weighted by molar-refractivity contribution is -0.113. The Bertz CT molecular complexity index is 1330. The van der Waals surface area contributed by atoms with Crippen LogP contribution in [0.25, 0.3) is 22.7 Å². The number of carbonyl (C=O) groups excluding carboxylic acids is 1. The Hall–Kier alpha value is -3.98. The van der Waals surface area contributed by atoms with E-state index in [9.17, 15) is 4.79 Å². The van der Waals surface area contributed by atoms with E-state index in [-0.39, 0.29) is 11.7 Å². The number of amides is 1.